The number of aromatic nitrogens is 1. The lowest BCUT2D eigenvalue weighted by Crippen LogP contribution is -2.00. The number of pyridine rings is 1. The van der Waals surface area contributed by atoms with Gasteiger partial charge in [-0.2, -0.15) is 5.26 Å². The molecular weight excluding hydrogens is 240 g/mol. The van der Waals surface area contributed by atoms with E-state index in [1.54, 1.807) is 19.2 Å². The number of rotatable bonds is 3. The molecule has 19 heavy (non-hydrogen) atoms. The zero-order valence-electron chi connectivity index (χ0n) is 10.8. The molecule has 0 aliphatic carbocycles. The van der Waals surface area contributed by atoms with Crippen LogP contribution in [0, 0.1) is 18.3 Å². The van der Waals surface area contributed by atoms with Crippen molar-refractivity contribution in [3.05, 3.63) is 41.6 Å². The lowest BCUT2D eigenvalue weighted by molar-refractivity contribution is 0.414. The molecule has 0 saturated carbocycles. The van der Waals surface area contributed by atoms with Gasteiger partial charge in [0, 0.05) is 5.69 Å². The van der Waals surface area contributed by atoms with Crippen LogP contribution in [0.25, 0.3) is 0 Å². The maximum absolute atomic E-state index is 8.90. The molecule has 2 rings (SSSR count). The predicted molar refractivity (Wildman–Crippen MR) is 74.4 cm³/mol. The highest BCUT2D eigenvalue weighted by Crippen LogP contribution is 2.24. The van der Waals surface area contributed by atoms with E-state index in [4.69, 9.17) is 15.7 Å². The summed E-state index contributed by atoms with van der Waals surface area (Å²) in [6, 6.07) is 11.0. The predicted octanol–water partition coefficient (Wildman–Crippen LogP) is 2.60. The second-order valence-corrected chi connectivity index (χ2v) is 4.05. The van der Waals surface area contributed by atoms with E-state index in [1.807, 2.05) is 31.2 Å². The fraction of sp³-hybridized carbons (Fsp3) is 0.143. The Morgan fingerprint density at radius 1 is 1.32 bits per heavy atom. The van der Waals surface area contributed by atoms with Crippen molar-refractivity contribution in [2.24, 2.45) is 0 Å². The summed E-state index contributed by atoms with van der Waals surface area (Å²) in [6.45, 7) is 1.97. The summed E-state index contributed by atoms with van der Waals surface area (Å²) in [5, 5.41) is 12.0. The van der Waals surface area contributed by atoms with E-state index in [0.29, 0.717) is 11.5 Å². The molecule has 2 aromatic rings. The van der Waals surface area contributed by atoms with Crippen molar-refractivity contribution >= 4 is 17.2 Å². The smallest absolute Gasteiger partial charge is 0.165 e. The molecule has 1 aromatic carbocycles. The van der Waals surface area contributed by atoms with Crippen molar-refractivity contribution in [2.45, 2.75) is 6.92 Å². The average Bonchev–Trinajstić information content (AvgIpc) is 2.43. The third kappa shape index (κ3) is 2.75. The minimum atomic E-state index is 0.219. The van der Waals surface area contributed by atoms with Crippen LogP contribution in [0.15, 0.2) is 30.3 Å². The summed E-state index contributed by atoms with van der Waals surface area (Å²) < 4.78 is 5.15. The number of anilines is 3. The molecule has 0 saturated heterocycles. The number of nitrogens with zero attached hydrogens (tertiary/aromatic N) is 2. The Balaban J connectivity index is 2.29. The van der Waals surface area contributed by atoms with Gasteiger partial charge in [0.25, 0.3) is 0 Å². The molecule has 1 heterocycles. The maximum atomic E-state index is 8.90. The van der Waals surface area contributed by atoms with Crippen LogP contribution in [0.1, 0.15) is 11.3 Å². The Morgan fingerprint density at radius 2 is 2.11 bits per heavy atom. The SMILES string of the molecule is COc1ccc(Nc2ccc(N)c(C#N)n2)c(C)c1. The van der Waals surface area contributed by atoms with Crippen LogP contribution in [0.3, 0.4) is 0 Å². The van der Waals surface area contributed by atoms with Crippen LogP contribution in [0.5, 0.6) is 5.75 Å². The average molecular weight is 254 g/mol. The third-order valence-electron chi connectivity index (χ3n) is 2.73. The largest absolute Gasteiger partial charge is 0.497 e. The number of nitrogens with one attached hydrogen (secondary N) is 1. The lowest BCUT2D eigenvalue weighted by atomic mass is 10.2. The van der Waals surface area contributed by atoms with Crippen molar-refractivity contribution < 1.29 is 4.74 Å². The van der Waals surface area contributed by atoms with E-state index < -0.39 is 0 Å². The Morgan fingerprint density at radius 3 is 2.74 bits per heavy atom. The van der Waals surface area contributed by atoms with Gasteiger partial charge in [0.1, 0.15) is 17.6 Å². The van der Waals surface area contributed by atoms with Gasteiger partial charge >= 0.3 is 0 Å². The highest BCUT2D eigenvalue weighted by atomic mass is 16.5. The number of nitrogens with two attached hydrogens (primary N) is 1. The highest BCUT2D eigenvalue weighted by molar-refractivity contribution is 5.64. The zero-order valence-corrected chi connectivity index (χ0v) is 10.8. The number of aryl methyl sites for hydroxylation is 1. The number of benzene rings is 1. The van der Waals surface area contributed by atoms with E-state index in [1.165, 1.54) is 0 Å². The van der Waals surface area contributed by atoms with Gasteiger partial charge in [0.2, 0.25) is 0 Å². The maximum Gasteiger partial charge on any atom is 0.165 e. The molecule has 96 valence electrons. The summed E-state index contributed by atoms with van der Waals surface area (Å²) in [7, 11) is 1.63. The van der Waals surface area contributed by atoms with Crippen LogP contribution < -0.4 is 15.8 Å². The van der Waals surface area contributed by atoms with Gasteiger partial charge in [0.05, 0.1) is 12.8 Å². The molecule has 0 aliphatic heterocycles. The molecule has 1 aromatic heterocycles. The first-order valence-electron chi connectivity index (χ1n) is 5.72. The van der Waals surface area contributed by atoms with Crippen LogP contribution >= 0.6 is 0 Å². The van der Waals surface area contributed by atoms with E-state index in [9.17, 15) is 0 Å². The molecule has 5 heteroatoms. The topological polar surface area (TPSA) is 84.0 Å². The quantitative estimate of drug-likeness (QED) is 0.879. The van der Waals surface area contributed by atoms with Gasteiger partial charge in [0.15, 0.2) is 5.69 Å². The number of nitrogen functional groups attached to an aromatic ring is 1. The van der Waals surface area contributed by atoms with Crippen molar-refractivity contribution in [3.8, 4) is 11.8 Å². The van der Waals surface area contributed by atoms with Crippen LogP contribution in [-0.4, -0.2) is 12.1 Å². The normalized spacial score (nSPS) is 9.74. The summed E-state index contributed by atoms with van der Waals surface area (Å²) >= 11 is 0. The second-order valence-electron chi connectivity index (χ2n) is 4.05. The van der Waals surface area contributed by atoms with Crippen LogP contribution in [0.2, 0.25) is 0 Å². The number of hydrogen-bond acceptors (Lipinski definition) is 5. The summed E-state index contributed by atoms with van der Waals surface area (Å²) in [6.07, 6.45) is 0. The standard InChI is InChI=1S/C14H14N4O/c1-9-7-10(19-2)3-5-12(9)17-14-6-4-11(16)13(8-15)18-14/h3-7H,16H2,1-2H3,(H,17,18). The van der Waals surface area contributed by atoms with Gasteiger partial charge in [-0.3, -0.25) is 0 Å². The number of nitriles is 1. The van der Waals surface area contributed by atoms with E-state index in [-0.39, 0.29) is 5.69 Å². The number of methoxy groups -OCH3 is 1. The molecule has 3 N–H and O–H groups in total. The molecule has 0 bridgehead atoms. The third-order valence-corrected chi connectivity index (χ3v) is 2.73. The van der Waals surface area contributed by atoms with Crippen LogP contribution in [0.4, 0.5) is 17.2 Å². The van der Waals surface area contributed by atoms with Crippen molar-refractivity contribution in [1.82, 2.24) is 4.98 Å². The molecule has 0 aliphatic rings. The van der Waals surface area contributed by atoms with Crippen molar-refractivity contribution in [2.75, 3.05) is 18.2 Å². The molecule has 0 radical (unpaired) electrons. The Bertz CT molecular complexity index is 646. The lowest BCUT2D eigenvalue weighted by Gasteiger charge is -2.10. The van der Waals surface area contributed by atoms with Gasteiger partial charge in [-0.25, -0.2) is 4.98 Å². The van der Waals surface area contributed by atoms with Crippen molar-refractivity contribution in [3.63, 3.8) is 0 Å². The van der Waals surface area contributed by atoms with E-state index >= 15 is 0 Å². The van der Waals surface area contributed by atoms with Crippen LogP contribution in [-0.2, 0) is 0 Å². The fourth-order valence-electron chi connectivity index (χ4n) is 1.67. The molecule has 0 unspecified atom stereocenters. The minimum absolute atomic E-state index is 0.219. The molecule has 0 fully saturated rings. The molecular formula is C14H14N4O. The Labute approximate surface area is 111 Å². The summed E-state index contributed by atoms with van der Waals surface area (Å²) in [5.41, 5.74) is 8.15. The van der Waals surface area contributed by atoms with Crippen molar-refractivity contribution in [1.29, 1.82) is 5.26 Å². The highest BCUT2D eigenvalue weighted by Gasteiger charge is 2.05. The zero-order chi connectivity index (χ0) is 13.8. The molecule has 0 spiro atoms. The van der Waals surface area contributed by atoms with E-state index in [0.717, 1.165) is 17.0 Å². The molecule has 5 nitrogen and oxygen atoms in total. The second kappa shape index (κ2) is 5.27. The number of ether oxygens (including phenoxy) is 1. The number of hydrogen-bond donors (Lipinski definition) is 2. The Hall–Kier alpha value is -2.74. The Kier molecular flexibility index (Phi) is 3.53. The first-order valence-corrected chi connectivity index (χ1v) is 5.72. The first-order chi connectivity index (χ1) is 9.13. The molecule has 0 atom stereocenters. The van der Waals surface area contributed by atoms with E-state index in [2.05, 4.69) is 10.3 Å². The van der Waals surface area contributed by atoms with Gasteiger partial charge in [-0.15, -0.1) is 0 Å². The fourth-order valence-corrected chi connectivity index (χ4v) is 1.67. The monoisotopic (exact) mass is 254 g/mol. The van der Waals surface area contributed by atoms with Gasteiger partial charge < -0.3 is 15.8 Å². The first kappa shape index (κ1) is 12.7. The minimum Gasteiger partial charge on any atom is -0.497 e. The molecule has 0 amide bonds. The van der Waals surface area contributed by atoms with Gasteiger partial charge in [-0.1, -0.05) is 0 Å². The summed E-state index contributed by atoms with van der Waals surface area (Å²) in [4.78, 5) is 4.14. The van der Waals surface area contributed by atoms with Gasteiger partial charge in [-0.05, 0) is 42.8 Å². The summed E-state index contributed by atoms with van der Waals surface area (Å²) in [5.74, 6) is 1.38.